The summed E-state index contributed by atoms with van der Waals surface area (Å²) in [4.78, 5) is 25.5. The van der Waals surface area contributed by atoms with Gasteiger partial charge in [-0.15, -0.1) is 0 Å². The number of carbonyl (C=O) groups excluding carboxylic acids is 1. The Kier molecular flexibility index (Phi) is 13.1. The number of halogens is 3. The highest BCUT2D eigenvalue weighted by atomic mass is 19.4. The van der Waals surface area contributed by atoms with Crippen molar-refractivity contribution in [2.45, 2.75) is 83.3 Å². The first-order chi connectivity index (χ1) is 23.8. The molecule has 2 aliphatic rings. The van der Waals surface area contributed by atoms with Crippen molar-refractivity contribution < 1.29 is 37.3 Å². The first-order valence-corrected chi connectivity index (χ1v) is 17.6. The topological polar surface area (TPSA) is 114 Å². The van der Waals surface area contributed by atoms with Crippen molar-refractivity contribution in [1.29, 1.82) is 0 Å². The van der Waals surface area contributed by atoms with Crippen LogP contribution in [0.4, 0.5) is 19.1 Å². The number of benzene rings is 1. The second-order valence-electron chi connectivity index (χ2n) is 14.2. The molecule has 0 spiro atoms. The van der Waals surface area contributed by atoms with Crippen molar-refractivity contribution in [3.63, 3.8) is 0 Å². The molecule has 0 amide bonds. The quantitative estimate of drug-likeness (QED) is 0.157. The third-order valence-electron chi connectivity index (χ3n) is 9.02. The molecule has 3 aromatic rings. The Morgan fingerprint density at radius 3 is 2.32 bits per heavy atom. The molecule has 1 aromatic carbocycles. The van der Waals surface area contributed by atoms with Crippen LogP contribution in [0.5, 0.6) is 0 Å². The van der Waals surface area contributed by atoms with Crippen LogP contribution in [0.15, 0.2) is 36.7 Å². The molecule has 276 valence electrons. The number of anilines is 1. The molecule has 1 saturated heterocycles. The van der Waals surface area contributed by atoms with Crippen molar-refractivity contribution >= 4 is 23.0 Å². The van der Waals surface area contributed by atoms with Gasteiger partial charge in [0.1, 0.15) is 17.9 Å². The fourth-order valence-electron chi connectivity index (χ4n) is 6.43. The number of ether oxygens (including phenoxy) is 3. The molecule has 2 N–H and O–H groups in total. The molecule has 0 unspecified atom stereocenters. The van der Waals surface area contributed by atoms with Crippen LogP contribution >= 0.6 is 0 Å². The number of hydrogen-bond acceptors (Lipinski definition) is 10. The molecule has 0 radical (unpaired) electrons. The second-order valence-corrected chi connectivity index (χ2v) is 14.2. The molecule has 1 aliphatic carbocycles. The lowest BCUT2D eigenvalue weighted by atomic mass is 9.93. The molecule has 2 aromatic heterocycles. The van der Waals surface area contributed by atoms with E-state index in [2.05, 4.69) is 60.1 Å². The van der Waals surface area contributed by atoms with Crippen LogP contribution in [-0.2, 0) is 25.5 Å². The fourth-order valence-corrected chi connectivity index (χ4v) is 6.43. The number of carbonyl (C=O) groups is 1. The number of nitrogens with one attached hydrogen (secondary N) is 1. The molecule has 1 aliphatic heterocycles. The first kappa shape index (κ1) is 37.9. The van der Waals surface area contributed by atoms with Crippen LogP contribution in [0.3, 0.4) is 0 Å². The van der Waals surface area contributed by atoms with Gasteiger partial charge in [0.2, 0.25) is 5.95 Å². The number of hydrogen-bond donors (Lipinski definition) is 2. The zero-order valence-corrected chi connectivity index (χ0v) is 29.4. The Morgan fingerprint density at radius 2 is 1.64 bits per heavy atom. The summed E-state index contributed by atoms with van der Waals surface area (Å²) >= 11 is 0. The van der Waals surface area contributed by atoms with E-state index in [9.17, 15) is 23.1 Å². The first-order valence-electron chi connectivity index (χ1n) is 17.6. The van der Waals surface area contributed by atoms with Gasteiger partial charge in [0.15, 0.2) is 0 Å². The minimum atomic E-state index is -4.26. The van der Waals surface area contributed by atoms with Gasteiger partial charge in [-0.1, -0.05) is 24.3 Å². The molecule has 50 heavy (non-hydrogen) atoms. The lowest BCUT2D eigenvalue weighted by Gasteiger charge is -2.34. The van der Waals surface area contributed by atoms with Crippen molar-refractivity contribution in [1.82, 2.24) is 24.3 Å². The number of nitrogens with zero attached hydrogens (tertiary/aromatic N) is 5. The summed E-state index contributed by atoms with van der Waals surface area (Å²) in [5.74, 6) is -0.201. The third-order valence-corrected chi connectivity index (χ3v) is 9.02. The monoisotopic (exact) mass is 704 g/mol. The van der Waals surface area contributed by atoms with Crippen molar-refractivity contribution in [3.8, 4) is 11.1 Å². The Hall–Kier alpha value is -3.30. The van der Waals surface area contributed by atoms with Gasteiger partial charge in [0, 0.05) is 75.2 Å². The predicted octanol–water partition coefficient (Wildman–Crippen LogP) is 5.43. The van der Waals surface area contributed by atoms with E-state index in [1.807, 2.05) is 20.8 Å². The number of rotatable bonds is 15. The highest BCUT2D eigenvalue weighted by molar-refractivity contribution is 5.94. The predicted molar refractivity (Wildman–Crippen MR) is 185 cm³/mol. The van der Waals surface area contributed by atoms with Crippen LogP contribution in [0, 0.1) is 0 Å². The number of fused-ring (bicyclic) bond motifs is 1. The third kappa shape index (κ3) is 11.6. The van der Waals surface area contributed by atoms with Gasteiger partial charge in [0.25, 0.3) is 0 Å². The molecule has 0 bridgehead atoms. The Balaban J connectivity index is 1.10. The Morgan fingerprint density at radius 1 is 0.960 bits per heavy atom. The lowest BCUT2D eigenvalue weighted by molar-refractivity contribution is -0.160. The van der Waals surface area contributed by atoms with Crippen molar-refractivity contribution in [2.24, 2.45) is 0 Å². The zero-order chi connectivity index (χ0) is 35.7. The van der Waals surface area contributed by atoms with Gasteiger partial charge in [-0.3, -0.25) is 9.80 Å². The summed E-state index contributed by atoms with van der Waals surface area (Å²) in [5.41, 5.74) is 3.38. The Bertz CT molecular complexity index is 1510. The van der Waals surface area contributed by atoms with E-state index in [1.54, 1.807) is 6.20 Å². The van der Waals surface area contributed by atoms with Gasteiger partial charge >= 0.3 is 12.1 Å². The number of alkyl halides is 3. The lowest BCUT2D eigenvalue weighted by Crippen LogP contribution is -2.46. The largest absolute Gasteiger partial charge is 0.458 e. The minimum absolute atomic E-state index is 0.0738. The second kappa shape index (κ2) is 17.3. The summed E-state index contributed by atoms with van der Waals surface area (Å²) < 4.78 is 56.5. The Labute approximate surface area is 292 Å². The van der Waals surface area contributed by atoms with Gasteiger partial charge < -0.3 is 29.2 Å². The number of esters is 1. The van der Waals surface area contributed by atoms with Crippen LogP contribution < -0.4 is 5.32 Å². The van der Waals surface area contributed by atoms with Crippen LogP contribution in [-0.4, -0.2) is 119 Å². The molecule has 14 heteroatoms. The summed E-state index contributed by atoms with van der Waals surface area (Å²) in [6.07, 6.45) is 1.26. The van der Waals surface area contributed by atoms with E-state index < -0.39 is 18.2 Å². The highest BCUT2D eigenvalue weighted by Crippen LogP contribution is 2.37. The van der Waals surface area contributed by atoms with E-state index in [0.717, 1.165) is 68.6 Å². The molecular weight excluding hydrogens is 653 g/mol. The number of aromatic nitrogens is 3. The van der Waals surface area contributed by atoms with E-state index >= 15 is 0 Å². The van der Waals surface area contributed by atoms with Crippen LogP contribution in [0.25, 0.3) is 22.2 Å². The van der Waals surface area contributed by atoms with Crippen molar-refractivity contribution in [3.05, 3.63) is 42.2 Å². The minimum Gasteiger partial charge on any atom is -0.458 e. The molecular formula is C36H51F3N6O5. The van der Waals surface area contributed by atoms with Crippen molar-refractivity contribution in [2.75, 3.05) is 71.0 Å². The fraction of sp³-hybridized carbons (Fsp3) is 0.639. The SMILES string of the molecule is CC(C)(C)OC(=O)COCCOCCN1CCN(Cc2ccc(-c3cn(C4CCC(O)CC4)c4nc(NCCC(F)(F)F)ncc34)cc2)CC1. The summed E-state index contributed by atoms with van der Waals surface area (Å²) in [6, 6.07) is 8.66. The normalized spacial score (nSPS) is 19.6. The molecule has 3 heterocycles. The molecule has 5 rings (SSSR count). The maximum atomic E-state index is 12.7. The average Bonchev–Trinajstić information content (AvgIpc) is 3.43. The molecule has 1 saturated carbocycles. The number of piperazine rings is 1. The van der Waals surface area contributed by atoms with E-state index in [-0.39, 0.29) is 37.2 Å². The molecule has 0 atom stereocenters. The summed E-state index contributed by atoms with van der Waals surface area (Å²) in [6.45, 7) is 12.0. The van der Waals surface area contributed by atoms with Gasteiger partial charge in [-0.05, 0) is 57.6 Å². The summed E-state index contributed by atoms with van der Waals surface area (Å²) in [7, 11) is 0. The average molecular weight is 705 g/mol. The van der Waals surface area contributed by atoms with Crippen LogP contribution in [0.1, 0.15) is 64.5 Å². The standard InChI is InChI=1S/C36H51F3N6O5/c1-35(2,3)50-32(47)25-49-21-20-48-19-18-43-14-16-44(17-15-43)23-26-4-6-27(7-5-26)31-24-45(28-8-10-29(46)11-9-28)33-30(31)22-41-34(42-33)40-13-12-36(37,38)39/h4-7,22,24,28-29,46H,8-21,23,25H2,1-3H3,(H,40,41,42). The van der Waals surface area contributed by atoms with Gasteiger partial charge in [0.05, 0.1) is 32.3 Å². The van der Waals surface area contributed by atoms with E-state index in [4.69, 9.17) is 14.2 Å². The number of aliphatic hydroxyl groups is 1. The zero-order valence-electron chi connectivity index (χ0n) is 29.4. The maximum Gasteiger partial charge on any atom is 0.390 e. The number of aliphatic hydroxyl groups excluding tert-OH is 1. The van der Waals surface area contributed by atoms with E-state index in [1.165, 1.54) is 5.56 Å². The van der Waals surface area contributed by atoms with Gasteiger partial charge in [-0.2, -0.15) is 18.2 Å². The maximum absolute atomic E-state index is 12.7. The highest BCUT2D eigenvalue weighted by Gasteiger charge is 2.27. The van der Waals surface area contributed by atoms with Gasteiger partial charge in [-0.25, -0.2) is 9.78 Å². The molecule has 2 fully saturated rings. The smallest absolute Gasteiger partial charge is 0.390 e. The van der Waals surface area contributed by atoms with Crippen LogP contribution in [0.2, 0.25) is 0 Å². The van der Waals surface area contributed by atoms with E-state index in [0.29, 0.717) is 38.3 Å². The summed E-state index contributed by atoms with van der Waals surface area (Å²) in [5, 5.41) is 13.6. The molecule has 11 nitrogen and oxygen atoms in total.